The second-order valence-electron chi connectivity index (χ2n) is 4.27. The number of benzene rings is 1. The molecule has 1 atom stereocenters. The molecule has 1 aliphatic rings. The molecule has 0 bridgehead atoms. The number of halogens is 2. The Bertz CT molecular complexity index is 439. The summed E-state index contributed by atoms with van der Waals surface area (Å²) in [4.78, 5) is 13.7. The van der Waals surface area contributed by atoms with E-state index < -0.39 is 5.82 Å². The third-order valence-corrected chi connectivity index (χ3v) is 3.30. The third kappa shape index (κ3) is 2.58. The van der Waals surface area contributed by atoms with Crippen molar-refractivity contribution in [3.63, 3.8) is 0 Å². The van der Waals surface area contributed by atoms with Crippen LogP contribution in [-0.4, -0.2) is 30.4 Å². The Balaban J connectivity index is 2.17. The highest BCUT2D eigenvalue weighted by atomic mass is 35.5. The van der Waals surface area contributed by atoms with Crippen molar-refractivity contribution in [2.24, 2.45) is 11.7 Å². The van der Waals surface area contributed by atoms with Gasteiger partial charge in [0.2, 0.25) is 0 Å². The van der Waals surface area contributed by atoms with Crippen molar-refractivity contribution in [3.05, 3.63) is 34.6 Å². The highest BCUT2D eigenvalue weighted by Crippen LogP contribution is 2.21. The van der Waals surface area contributed by atoms with Gasteiger partial charge >= 0.3 is 0 Å². The lowest BCUT2D eigenvalue weighted by Crippen LogP contribution is -2.30. The largest absolute Gasteiger partial charge is 0.338 e. The van der Waals surface area contributed by atoms with Crippen molar-refractivity contribution >= 4 is 17.5 Å². The molecule has 1 saturated heterocycles. The summed E-state index contributed by atoms with van der Waals surface area (Å²) in [6.07, 6.45) is 0.879. The van der Waals surface area contributed by atoms with E-state index >= 15 is 0 Å². The van der Waals surface area contributed by atoms with E-state index in [1.54, 1.807) is 4.90 Å². The summed E-state index contributed by atoms with van der Waals surface area (Å²) in [5.74, 6) is -0.516. The van der Waals surface area contributed by atoms with Crippen molar-refractivity contribution in [1.82, 2.24) is 4.90 Å². The lowest BCUT2D eigenvalue weighted by Gasteiger charge is -2.16. The molecule has 0 unspecified atom stereocenters. The first-order chi connectivity index (χ1) is 8.11. The van der Waals surface area contributed by atoms with Gasteiger partial charge < -0.3 is 10.6 Å². The van der Waals surface area contributed by atoms with Crippen LogP contribution in [0.15, 0.2) is 18.2 Å². The van der Waals surface area contributed by atoms with Gasteiger partial charge in [0.15, 0.2) is 0 Å². The van der Waals surface area contributed by atoms with E-state index in [2.05, 4.69) is 0 Å². The zero-order chi connectivity index (χ0) is 12.4. The molecule has 0 aliphatic carbocycles. The molecule has 2 rings (SSSR count). The van der Waals surface area contributed by atoms with Gasteiger partial charge in [-0.3, -0.25) is 4.79 Å². The maximum atomic E-state index is 13.5. The standard InChI is InChI=1S/C12H14ClFN2O/c13-9-1-2-11(14)10(5-9)12(17)16-4-3-8(6-15)7-16/h1-2,5,8H,3-4,6-7,15H2/t8-/m0/s1. The van der Waals surface area contributed by atoms with Gasteiger partial charge in [0.25, 0.3) is 5.91 Å². The number of nitrogens with two attached hydrogens (primary N) is 1. The molecule has 1 fully saturated rings. The zero-order valence-electron chi connectivity index (χ0n) is 9.33. The monoisotopic (exact) mass is 256 g/mol. The maximum absolute atomic E-state index is 13.5. The van der Waals surface area contributed by atoms with Gasteiger partial charge in [-0.1, -0.05) is 11.6 Å². The fraction of sp³-hybridized carbons (Fsp3) is 0.417. The van der Waals surface area contributed by atoms with Crippen LogP contribution in [0.4, 0.5) is 4.39 Å². The second kappa shape index (κ2) is 5.02. The van der Waals surface area contributed by atoms with Gasteiger partial charge in [0, 0.05) is 18.1 Å². The third-order valence-electron chi connectivity index (χ3n) is 3.07. The Labute approximate surface area is 104 Å². The lowest BCUT2D eigenvalue weighted by atomic mass is 10.1. The normalized spacial score (nSPS) is 19.7. The van der Waals surface area contributed by atoms with Crippen LogP contribution in [0.3, 0.4) is 0 Å². The summed E-state index contributed by atoms with van der Waals surface area (Å²) in [7, 11) is 0. The predicted molar refractivity (Wildman–Crippen MR) is 64.5 cm³/mol. The predicted octanol–water partition coefficient (Wildman–Crippen LogP) is 1.90. The van der Waals surface area contributed by atoms with Crippen LogP contribution >= 0.6 is 11.6 Å². The molecule has 0 radical (unpaired) electrons. The molecule has 0 aromatic heterocycles. The van der Waals surface area contributed by atoms with Crippen LogP contribution in [0, 0.1) is 11.7 Å². The summed E-state index contributed by atoms with van der Waals surface area (Å²) in [6.45, 7) is 1.79. The second-order valence-corrected chi connectivity index (χ2v) is 4.70. The Morgan fingerprint density at radius 3 is 3.00 bits per heavy atom. The zero-order valence-corrected chi connectivity index (χ0v) is 10.1. The van der Waals surface area contributed by atoms with Crippen molar-refractivity contribution in [2.75, 3.05) is 19.6 Å². The van der Waals surface area contributed by atoms with Crippen LogP contribution in [0.2, 0.25) is 5.02 Å². The summed E-state index contributed by atoms with van der Waals surface area (Å²) < 4.78 is 13.5. The van der Waals surface area contributed by atoms with Crippen LogP contribution in [0.5, 0.6) is 0 Å². The highest BCUT2D eigenvalue weighted by molar-refractivity contribution is 6.31. The van der Waals surface area contributed by atoms with Crippen molar-refractivity contribution in [1.29, 1.82) is 0 Å². The van der Waals surface area contributed by atoms with E-state index in [0.29, 0.717) is 30.6 Å². The molecular formula is C12H14ClFN2O. The first-order valence-electron chi connectivity index (χ1n) is 5.56. The van der Waals surface area contributed by atoms with Gasteiger partial charge in [-0.15, -0.1) is 0 Å². The van der Waals surface area contributed by atoms with Crippen LogP contribution in [0.25, 0.3) is 0 Å². The summed E-state index contributed by atoms with van der Waals surface area (Å²) >= 11 is 5.77. The van der Waals surface area contributed by atoms with Crippen LogP contribution in [0.1, 0.15) is 16.8 Å². The summed E-state index contributed by atoms with van der Waals surface area (Å²) in [6, 6.07) is 4.02. The number of carbonyl (C=O) groups excluding carboxylic acids is 1. The lowest BCUT2D eigenvalue weighted by molar-refractivity contribution is 0.0783. The molecule has 2 N–H and O–H groups in total. The first-order valence-corrected chi connectivity index (χ1v) is 5.94. The number of nitrogens with zero attached hydrogens (tertiary/aromatic N) is 1. The van der Waals surface area contributed by atoms with E-state index in [-0.39, 0.29) is 11.5 Å². The van der Waals surface area contributed by atoms with Gasteiger partial charge in [-0.2, -0.15) is 0 Å². The Kier molecular flexibility index (Phi) is 3.64. The molecule has 3 nitrogen and oxygen atoms in total. The molecule has 1 aliphatic heterocycles. The molecule has 17 heavy (non-hydrogen) atoms. The molecule has 1 aromatic carbocycles. The van der Waals surface area contributed by atoms with E-state index in [0.717, 1.165) is 6.42 Å². The van der Waals surface area contributed by atoms with E-state index in [1.165, 1.54) is 18.2 Å². The fourth-order valence-corrected chi connectivity index (χ4v) is 2.21. The van der Waals surface area contributed by atoms with E-state index in [9.17, 15) is 9.18 Å². The van der Waals surface area contributed by atoms with Crippen molar-refractivity contribution in [3.8, 4) is 0 Å². The number of rotatable bonds is 2. The molecule has 92 valence electrons. The molecule has 1 aromatic rings. The van der Waals surface area contributed by atoms with Crippen LogP contribution < -0.4 is 5.73 Å². The average Bonchev–Trinajstić information content (AvgIpc) is 2.80. The molecule has 5 heteroatoms. The summed E-state index contributed by atoms with van der Waals surface area (Å²) in [5.41, 5.74) is 5.59. The fourth-order valence-electron chi connectivity index (χ4n) is 2.04. The van der Waals surface area contributed by atoms with E-state index in [1.807, 2.05) is 0 Å². The minimum absolute atomic E-state index is 0.0372. The number of hydrogen-bond acceptors (Lipinski definition) is 2. The van der Waals surface area contributed by atoms with Crippen molar-refractivity contribution in [2.45, 2.75) is 6.42 Å². The minimum atomic E-state index is -0.532. The van der Waals surface area contributed by atoms with Crippen molar-refractivity contribution < 1.29 is 9.18 Å². The molecule has 1 heterocycles. The quantitative estimate of drug-likeness (QED) is 0.879. The molecule has 0 saturated carbocycles. The van der Waals surface area contributed by atoms with Gasteiger partial charge in [-0.05, 0) is 37.1 Å². The Morgan fingerprint density at radius 1 is 1.59 bits per heavy atom. The highest BCUT2D eigenvalue weighted by Gasteiger charge is 2.27. The smallest absolute Gasteiger partial charge is 0.256 e. The van der Waals surface area contributed by atoms with Gasteiger partial charge in [0.1, 0.15) is 5.82 Å². The number of hydrogen-bond donors (Lipinski definition) is 1. The first kappa shape index (κ1) is 12.3. The maximum Gasteiger partial charge on any atom is 0.256 e. The molecule has 1 amide bonds. The number of likely N-dealkylation sites (tertiary alicyclic amines) is 1. The molecular weight excluding hydrogens is 243 g/mol. The van der Waals surface area contributed by atoms with Crippen LogP contribution in [-0.2, 0) is 0 Å². The Morgan fingerprint density at radius 2 is 2.35 bits per heavy atom. The molecule has 0 spiro atoms. The topological polar surface area (TPSA) is 46.3 Å². The van der Waals surface area contributed by atoms with Gasteiger partial charge in [0.05, 0.1) is 5.56 Å². The van der Waals surface area contributed by atoms with Gasteiger partial charge in [-0.25, -0.2) is 4.39 Å². The SMILES string of the molecule is NC[C@@H]1CCN(C(=O)c2cc(Cl)ccc2F)C1. The Hall–Kier alpha value is -1.13. The average molecular weight is 257 g/mol. The van der Waals surface area contributed by atoms with E-state index in [4.69, 9.17) is 17.3 Å². The number of amides is 1. The summed E-state index contributed by atoms with van der Waals surface area (Å²) in [5, 5.41) is 0.365. The minimum Gasteiger partial charge on any atom is -0.338 e. The number of carbonyl (C=O) groups is 1.